The molecule has 0 bridgehead atoms. The van der Waals surface area contributed by atoms with Crippen LogP contribution in [0.4, 0.5) is 0 Å². The van der Waals surface area contributed by atoms with Crippen molar-refractivity contribution in [2.75, 3.05) is 26.2 Å². The highest BCUT2D eigenvalue weighted by Gasteiger charge is 2.24. The summed E-state index contributed by atoms with van der Waals surface area (Å²) in [5.74, 6) is 0.816. The van der Waals surface area contributed by atoms with Crippen LogP contribution < -0.4 is 5.32 Å². The molecular formula is C19H32N2. The molecule has 0 saturated carbocycles. The van der Waals surface area contributed by atoms with Crippen LogP contribution in [0.1, 0.15) is 52.1 Å². The fraction of sp³-hybridized carbons (Fsp3) is 0.684. The number of hydrogen-bond acceptors (Lipinski definition) is 2. The van der Waals surface area contributed by atoms with Gasteiger partial charge < -0.3 is 10.2 Å². The zero-order valence-corrected chi connectivity index (χ0v) is 14.2. The first-order chi connectivity index (χ1) is 9.98. The van der Waals surface area contributed by atoms with Gasteiger partial charge in [-0.15, -0.1) is 0 Å². The van der Waals surface area contributed by atoms with Gasteiger partial charge in [0.25, 0.3) is 0 Å². The van der Waals surface area contributed by atoms with Crippen LogP contribution in [0, 0.1) is 11.3 Å². The van der Waals surface area contributed by atoms with Crippen LogP contribution in [0.5, 0.6) is 0 Å². The van der Waals surface area contributed by atoms with E-state index in [1.807, 2.05) is 0 Å². The second-order valence-corrected chi connectivity index (χ2v) is 7.68. The Morgan fingerprint density at radius 3 is 2.52 bits per heavy atom. The van der Waals surface area contributed by atoms with E-state index in [2.05, 4.69) is 68.2 Å². The first-order valence-corrected chi connectivity index (χ1v) is 8.48. The maximum absolute atomic E-state index is 3.85. The molecule has 0 spiro atoms. The van der Waals surface area contributed by atoms with Gasteiger partial charge in [-0.2, -0.15) is 0 Å². The number of benzene rings is 1. The van der Waals surface area contributed by atoms with Crippen molar-refractivity contribution in [1.82, 2.24) is 10.2 Å². The van der Waals surface area contributed by atoms with Crippen LogP contribution in [-0.4, -0.2) is 31.1 Å². The zero-order valence-electron chi connectivity index (χ0n) is 14.2. The van der Waals surface area contributed by atoms with Crippen molar-refractivity contribution >= 4 is 0 Å². The molecule has 0 aromatic heterocycles. The first-order valence-electron chi connectivity index (χ1n) is 8.48. The van der Waals surface area contributed by atoms with Gasteiger partial charge in [-0.3, -0.25) is 0 Å². The lowest BCUT2D eigenvalue weighted by Gasteiger charge is -2.28. The quantitative estimate of drug-likeness (QED) is 0.848. The summed E-state index contributed by atoms with van der Waals surface area (Å²) >= 11 is 0. The van der Waals surface area contributed by atoms with Gasteiger partial charge in [0.1, 0.15) is 0 Å². The minimum Gasteiger partial charge on any atom is -0.310 e. The molecule has 0 radical (unpaired) electrons. The molecule has 2 atom stereocenters. The minimum atomic E-state index is 0.346. The SMILES string of the molecule is CCN1CCC(CNC(CC(C)(C)C)c2ccccc2)C1. The molecule has 1 N–H and O–H groups in total. The number of hydrogen-bond donors (Lipinski definition) is 1. The Morgan fingerprint density at radius 1 is 1.24 bits per heavy atom. The molecule has 1 aromatic rings. The lowest BCUT2D eigenvalue weighted by Crippen LogP contribution is -2.31. The maximum Gasteiger partial charge on any atom is 0.0325 e. The highest BCUT2D eigenvalue weighted by atomic mass is 15.1. The summed E-state index contributed by atoms with van der Waals surface area (Å²) < 4.78 is 0. The molecule has 2 unspecified atom stereocenters. The molecule has 0 aliphatic carbocycles. The lowest BCUT2D eigenvalue weighted by atomic mass is 9.85. The Morgan fingerprint density at radius 2 is 1.95 bits per heavy atom. The smallest absolute Gasteiger partial charge is 0.0325 e. The molecule has 2 rings (SSSR count). The van der Waals surface area contributed by atoms with E-state index < -0.39 is 0 Å². The zero-order chi connectivity index (χ0) is 15.3. The van der Waals surface area contributed by atoms with Crippen molar-refractivity contribution in [2.24, 2.45) is 11.3 Å². The molecule has 1 aliphatic heterocycles. The molecule has 1 aliphatic rings. The van der Waals surface area contributed by atoms with E-state index in [0.717, 1.165) is 12.5 Å². The standard InChI is InChI=1S/C19H32N2/c1-5-21-12-11-16(15-21)14-20-18(13-19(2,3)4)17-9-7-6-8-10-17/h6-10,16,18,20H,5,11-15H2,1-4H3. The van der Waals surface area contributed by atoms with E-state index in [9.17, 15) is 0 Å². The van der Waals surface area contributed by atoms with Gasteiger partial charge in [-0.05, 0) is 49.4 Å². The van der Waals surface area contributed by atoms with Gasteiger partial charge in [-0.1, -0.05) is 58.0 Å². The van der Waals surface area contributed by atoms with E-state index in [1.165, 1.54) is 38.0 Å². The number of nitrogens with zero attached hydrogens (tertiary/aromatic N) is 1. The topological polar surface area (TPSA) is 15.3 Å². The van der Waals surface area contributed by atoms with Gasteiger partial charge in [0.15, 0.2) is 0 Å². The summed E-state index contributed by atoms with van der Waals surface area (Å²) in [6.07, 6.45) is 2.53. The fourth-order valence-electron chi connectivity index (χ4n) is 3.28. The van der Waals surface area contributed by atoms with Crippen molar-refractivity contribution in [2.45, 2.75) is 46.6 Å². The number of rotatable bonds is 6. The van der Waals surface area contributed by atoms with E-state index in [0.29, 0.717) is 11.5 Å². The molecule has 2 nitrogen and oxygen atoms in total. The third-order valence-electron chi connectivity index (χ3n) is 4.49. The second-order valence-electron chi connectivity index (χ2n) is 7.68. The molecule has 0 amide bonds. The van der Waals surface area contributed by atoms with E-state index in [1.54, 1.807) is 0 Å². The molecule has 1 saturated heterocycles. The monoisotopic (exact) mass is 288 g/mol. The third-order valence-corrected chi connectivity index (χ3v) is 4.49. The van der Waals surface area contributed by atoms with E-state index >= 15 is 0 Å². The van der Waals surface area contributed by atoms with Crippen LogP contribution in [0.2, 0.25) is 0 Å². The van der Waals surface area contributed by atoms with E-state index in [4.69, 9.17) is 0 Å². The molecular weight excluding hydrogens is 256 g/mol. The molecule has 2 heteroatoms. The first kappa shape index (κ1) is 16.5. The average molecular weight is 288 g/mol. The largest absolute Gasteiger partial charge is 0.310 e. The Hall–Kier alpha value is -0.860. The Balaban J connectivity index is 1.93. The molecule has 118 valence electrons. The number of nitrogens with one attached hydrogen (secondary N) is 1. The van der Waals surface area contributed by atoms with Crippen molar-refractivity contribution < 1.29 is 0 Å². The van der Waals surface area contributed by atoms with Gasteiger partial charge >= 0.3 is 0 Å². The van der Waals surface area contributed by atoms with Crippen LogP contribution >= 0.6 is 0 Å². The van der Waals surface area contributed by atoms with Crippen LogP contribution in [0.25, 0.3) is 0 Å². The fourth-order valence-corrected chi connectivity index (χ4v) is 3.28. The van der Waals surface area contributed by atoms with Gasteiger partial charge in [0.05, 0.1) is 0 Å². The van der Waals surface area contributed by atoms with E-state index in [-0.39, 0.29) is 0 Å². The van der Waals surface area contributed by atoms with Gasteiger partial charge in [0, 0.05) is 12.6 Å². The van der Waals surface area contributed by atoms with Crippen LogP contribution in [0.15, 0.2) is 30.3 Å². The summed E-state index contributed by atoms with van der Waals surface area (Å²) in [5, 5.41) is 3.85. The normalized spacial score (nSPS) is 21.6. The molecule has 1 aromatic carbocycles. The van der Waals surface area contributed by atoms with Crippen LogP contribution in [-0.2, 0) is 0 Å². The summed E-state index contributed by atoms with van der Waals surface area (Å²) in [7, 11) is 0. The predicted molar refractivity (Wildman–Crippen MR) is 91.5 cm³/mol. The highest BCUT2D eigenvalue weighted by molar-refractivity contribution is 5.19. The summed E-state index contributed by atoms with van der Waals surface area (Å²) in [6, 6.07) is 11.4. The summed E-state index contributed by atoms with van der Waals surface area (Å²) in [4.78, 5) is 2.56. The Kier molecular flexibility index (Phi) is 5.83. The van der Waals surface area contributed by atoms with Gasteiger partial charge in [0.2, 0.25) is 0 Å². The predicted octanol–water partition coefficient (Wildman–Crippen LogP) is 4.10. The molecule has 1 heterocycles. The third kappa shape index (κ3) is 5.44. The van der Waals surface area contributed by atoms with Gasteiger partial charge in [-0.25, -0.2) is 0 Å². The highest BCUT2D eigenvalue weighted by Crippen LogP contribution is 2.29. The number of likely N-dealkylation sites (tertiary alicyclic amines) is 1. The second kappa shape index (κ2) is 7.42. The minimum absolute atomic E-state index is 0.346. The Labute approximate surface area is 130 Å². The molecule has 1 fully saturated rings. The Bertz CT molecular complexity index is 407. The lowest BCUT2D eigenvalue weighted by molar-refractivity contribution is 0.294. The summed E-state index contributed by atoms with van der Waals surface area (Å²) in [5.41, 5.74) is 1.77. The summed E-state index contributed by atoms with van der Waals surface area (Å²) in [6.45, 7) is 14.1. The average Bonchev–Trinajstić information content (AvgIpc) is 2.91. The van der Waals surface area contributed by atoms with Crippen molar-refractivity contribution in [3.63, 3.8) is 0 Å². The van der Waals surface area contributed by atoms with Crippen molar-refractivity contribution in [3.8, 4) is 0 Å². The van der Waals surface area contributed by atoms with Crippen molar-refractivity contribution in [1.29, 1.82) is 0 Å². The maximum atomic E-state index is 3.85. The van der Waals surface area contributed by atoms with Crippen LogP contribution in [0.3, 0.4) is 0 Å². The molecule has 21 heavy (non-hydrogen) atoms. The van der Waals surface area contributed by atoms with Crippen molar-refractivity contribution in [3.05, 3.63) is 35.9 Å².